The highest BCUT2D eigenvalue weighted by molar-refractivity contribution is 5.96. The van der Waals surface area contributed by atoms with Crippen LogP contribution in [0.15, 0.2) is 12.1 Å². The third-order valence-corrected chi connectivity index (χ3v) is 3.64. The Kier molecular flexibility index (Phi) is 4.44. The van der Waals surface area contributed by atoms with E-state index in [1.807, 2.05) is 11.9 Å². The summed E-state index contributed by atoms with van der Waals surface area (Å²) in [6.07, 6.45) is 1.65. The van der Waals surface area contributed by atoms with Crippen LogP contribution in [0.2, 0.25) is 0 Å². The van der Waals surface area contributed by atoms with E-state index in [4.69, 9.17) is 10.5 Å². The van der Waals surface area contributed by atoms with Gasteiger partial charge in [-0.3, -0.25) is 0 Å². The zero-order valence-electron chi connectivity index (χ0n) is 11.7. The molecule has 20 heavy (non-hydrogen) atoms. The summed E-state index contributed by atoms with van der Waals surface area (Å²) in [5, 5.41) is 0. The molecule has 0 amide bonds. The molecule has 2 N–H and O–H groups in total. The third kappa shape index (κ3) is 2.85. The standard InChI is InChI=1S/C14H19FN2O3/c1-17(9-3-5-20-6-4-9)13-7-10(14(18)19-2)12(16)8-11(13)15/h7-9H,3-6,16H2,1-2H3. The van der Waals surface area contributed by atoms with Gasteiger partial charge in [0.25, 0.3) is 0 Å². The minimum atomic E-state index is -0.566. The fourth-order valence-electron chi connectivity index (χ4n) is 2.40. The van der Waals surface area contributed by atoms with E-state index in [1.165, 1.54) is 13.2 Å². The summed E-state index contributed by atoms with van der Waals surface area (Å²) in [6, 6.07) is 2.80. The van der Waals surface area contributed by atoms with Gasteiger partial charge in [-0.2, -0.15) is 0 Å². The summed E-state index contributed by atoms with van der Waals surface area (Å²) in [4.78, 5) is 13.5. The Labute approximate surface area is 117 Å². The first-order chi connectivity index (χ1) is 9.54. The number of anilines is 2. The van der Waals surface area contributed by atoms with Gasteiger partial charge in [0.1, 0.15) is 5.82 Å². The van der Waals surface area contributed by atoms with Gasteiger partial charge < -0.3 is 20.1 Å². The number of methoxy groups -OCH3 is 1. The molecule has 1 aliphatic heterocycles. The smallest absolute Gasteiger partial charge is 0.340 e. The molecule has 5 nitrogen and oxygen atoms in total. The molecule has 1 heterocycles. The highest BCUT2D eigenvalue weighted by Crippen LogP contribution is 2.28. The minimum absolute atomic E-state index is 0.0819. The normalized spacial score (nSPS) is 15.9. The number of nitrogens with two attached hydrogens (primary N) is 1. The second-order valence-electron chi connectivity index (χ2n) is 4.84. The fraction of sp³-hybridized carbons (Fsp3) is 0.500. The van der Waals surface area contributed by atoms with Crippen LogP contribution in [0.1, 0.15) is 23.2 Å². The average molecular weight is 282 g/mol. The van der Waals surface area contributed by atoms with Crippen molar-refractivity contribution < 1.29 is 18.7 Å². The average Bonchev–Trinajstić information content (AvgIpc) is 2.47. The van der Waals surface area contributed by atoms with Crippen LogP contribution >= 0.6 is 0 Å². The maximum atomic E-state index is 14.1. The first-order valence-electron chi connectivity index (χ1n) is 6.52. The van der Waals surface area contributed by atoms with E-state index in [0.717, 1.165) is 18.9 Å². The van der Waals surface area contributed by atoms with Crippen molar-refractivity contribution in [3.8, 4) is 0 Å². The van der Waals surface area contributed by atoms with Crippen molar-refractivity contribution in [3.05, 3.63) is 23.5 Å². The Balaban J connectivity index is 2.32. The Hall–Kier alpha value is -1.82. The fourth-order valence-corrected chi connectivity index (χ4v) is 2.40. The number of carbonyl (C=O) groups is 1. The van der Waals surface area contributed by atoms with Crippen molar-refractivity contribution in [2.45, 2.75) is 18.9 Å². The first-order valence-corrected chi connectivity index (χ1v) is 6.52. The van der Waals surface area contributed by atoms with Crippen molar-refractivity contribution in [3.63, 3.8) is 0 Å². The Morgan fingerprint density at radius 2 is 2.10 bits per heavy atom. The van der Waals surface area contributed by atoms with Gasteiger partial charge in [-0.25, -0.2) is 9.18 Å². The maximum Gasteiger partial charge on any atom is 0.340 e. The molecule has 0 radical (unpaired) electrons. The van der Waals surface area contributed by atoms with E-state index in [0.29, 0.717) is 18.9 Å². The van der Waals surface area contributed by atoms with E-state index in [1.54, 1.807) is 0 Å². The maximum absolute atomic E-state index is 14.1. The van der Waals surface area contributed by atoms with Gasteiger partial charge in [0.15, 0.2) is 0 Å². The molecule has 0 atom stereocenters. The predicted octanol–water partition coefficient (Wildman–Crippen LogP) is 1.81. The second-order valence-corrected chi connectivity index (χ2v) is 4.84. The number of benzene rings is 1. The van der Waals surface area contributed by atoms with E-state index in [-0.39, 0.29) is 17.3 Å². The van der Waals surface area contributed by atoms with Gasteiger partial charge in [-0.05, 0) is 25.0 Å². The number of hydrogen-bond acceptors (Lipinski definition) is 5. The Morgan fingerprint density at radius 3 is 2.70 bits per heavy atom. The van der Waals surface area contributed by atoms with Crippen LogP contribution in [0.25, 0.3) is 0 Å². The summed E-state index contributed by atoms with van der Waals surface area (Å²) in [7, 11) is 3.08. The molecule has 0 spiro atoms. The molecule has 1 saturated heterocycles. The molecular weight excluding hydrogens is 263 g/mol. The number of nitrogens with zero attached hydrogens (tertiary/aromatic N) is 1. The minimum Gasteiger partial charge on any atom is -0.465 e. The predicted molar refractivity (Wildman–Crippen MR) is 74.4 cm³/mol. The van der Waals surface area contributed by atoms with Crippen LogP contribution in [0, 0.1) is 5.82 Å². The SMILES string of the molecule is COC(=O)c1cc(N(C)C2CCOCC2)c(F)cc1N. The molecule has 2 rings (SSSR count). The highest BCUT2D eigenvalue weighted by Gasteiger charge is 2.23. The van der Waals surface area contributed by atoms with Crippen molar-refractivity contribution >= 4 is 17.3 Å². The molecule has 6 heteroatoms. The lowest BCUT2D eigenvalue weighted by Gasteiger charge is -2.33. The van der Waals surface area contributed by atoms with Crippen molar-refractivity contribution in [1.82, 2.24) is 0 Å². The summed E-state index contributed by atoms with van der Waals surface area (Å²) in [5.41, 5.74) is 6.28. The zero-order valence-corrected chi connectivity index (χ0v) is 11.7. The molecule has 0 saturated carbocycles. The molecule has 1 aromatic carbocycles. The van der Waals surface area contributed by atoms with Crippen LogP contribution in [0.4, 0.5) is 15.8 Å². The van der Waals surface area contributed by atoms with E-state index in [2.05, 4.69) is 4.74 Å². The first kappa shape index (κ1) is 14.6. The largest absolute Gasteiger partial charge is 0.465 e. The molecule has 0 aliphatic carbocycles. The van der Waals surface area contributed by atoms with Gasteiger partial charge in [0.2, 0.25) is 0 Å². The van der Waals surface area contributed by atoms with Crippen LogP contribution in [-0.2, 0) is 9.47 Å². The van der Waals surface area contributed by atoms with Crippen molar-refractivity contribution in [2.24, 2.45) is 0 Å². The van der Waals surface area contributed by atoms with E-state index in [9.17, 15) is 9.18 Å². The molecule has 110 valence electrons. The van der Waals surface area contributed by atoms with Crippen LogP contribution in [0.3, 0.4) is 0 Å². The number of carbonyl (C=O) groups excluding carboxylic acids is 1. The number of halogens is 1. The number of hydrogen-bond donors (Lipinski definition) is 1. The summed E-state index contributed by atoms with van der Waals surface area (Å²) < 4.78 is 24.1. The second kappa shape index (κ2) is 6.09. The van der Waals surface area contributed by atoms with Gasteiger partial charge in [0, 0.05) is 32.0 Å². The van der Waals surface area contributed by atoms with Gasteiger partial charge >= 0.3 is 5.97 Å². The summed E-state index contributed by atoms with van der Waals surface area (Å²) in [5.74, 6) is -1.01. The monoisotopic (exact) mass is 282 g/mol. The van der Waals surface area contributed by atoms with Crippen molar-refractivity contribution in [2.75, 3.05) is 38.0 Å². The number of rotatable bonds is 3. The van der Waals surface area contributed by atoms with Gasteiger partial charge in [-0.15, -0.1) is 0 Å². The molecule has 1 fully saturated rings. The van der Waals surface area contributed by atoms with Crippen LogP contribution in [-0.4, -0.2) is 39.4 Å². The van der Waals surface area contributed by atoms with Gasteiger partial charge in [0.05, 0.1) is 18.4 Å². The lowest BCUT2D eigenvalue weighted by Crippen LogP contribution is -2.37. The van der Waals surface area contributed by atoms with Gasteiger partial charge in [-0.1, -0.05) is 0 Å². The molecule has 0 aromatic heterocycles. The zero-order chi connectivity index (χ0) is 14.7. The van der Waals surface area contributed by atoms with Crippen molar-refractivity contribution in [1.29, 1.82) is 0 Å². The molecular formula is C14H19FN2O3. The van der Waals surface area contributed by atoms with E-state index < -0.39 is 11.8 Å². The van der Waals surface area contributed by atoms with Crippen LogP contribution in [0.5, 0.6) is 0 Å². The summed E-state index contributed by atoms with van der Waals surface area (Å²) >= 11 is 0. The van der Waals surface area contributed by atoms with E-state index >= 15 is 0 Å². The highest BCUT2D eigenvalue weighted by atomic mass is 19.1. The molecule has 1 aliphatic rings. The Bertz CT molecular complexity index is 501. The number of ether oxygens (including phenoxy) is 2. The lowest BCUT2D eigenvalue weighted by atomic mass is 10.1. The quantitative estimate of drug-likeness (QED) is 0.676. The third-order valence-electron chi connectivity index (χ3n) is 3.64. The Morgan fingerprint density at radius 1 is 1.45 bits per heavy atom. The number of esters is 1. The van der Waals surface area contributed by atoms with Crippen LogP contribution < -0.4 is 10.6 Å². The summed E-state index contributed by atoms with van der Waals surface area (Å²) in [6.45, 7) is 1.32. The molecule has 0 unspecified atom stereocenters. The topological polar surface area (TPSA) is 64.8 Å². The molecule has 1 aromatic rings. The lowest BCUT2D eigenvalue weighted by molar-refractivity contribution is 0.0601. The molecule has 0 bridgehead atoms. The number of nitrogen functional groups attached to an aromatic ring is 1.